The van der Waals surface area contributed by atoms with E-state index in [9.17, 15) is 4.79 Å². The molecule has 0 aromatic rings. The molecule has 0 aromatic carbocycles. The molecule has 0 atom stereocenters. The van der Waals surface area contributed by atoms with Crippen molar-refractivity contribution < 1.29 is 9.53 Å². The number of esters is 1. The maximum atomic E-state index is 11.4. The number of carbonyl (C=O) groups excluding carboxylic acids is 1. The molecule has 14 heavy (non-hydrogen) atoms. The lowest BCUT2D eigenvalue weighted by atomic mass is 10.2. The minimum atomic E-state index is -0.404. The van der Waals surface area contributed by atoms with Crippen molar-refractivity contribution in [1.29, 1.82) is 0 Å². The molecule has 0 spiro atoms. The van der Waals surface area contributed by atoms with Crippen molar-refractivity contribution in [3.63, 3.8) is 0 Å². The fraction of sp³-hybridized carbons (Fsp3) is 0.900. The van der Waals surface area contributed by atoms with Gasteiger partial charge in [-0.25, -0.2) is 0 Å². The Hall–Kier alpha value is -0.610. The van der Waals surface area contributed by atoms with E-state index in [1.807, 2.05) is 32.6 Å². The molecule has 0 bridgehead atoms. The number of likely N-dealkylation sites (N-methyl/N-ethyl adjacent to an activating group) is 1. The molecule has 0 saturated carbocycles. The normalized spacial score (nSPS) is 11.9. The van der Waals surface area contributed by atoms with E-state index in [0.717, 1.165) is 13.1 Å². The van der Waals surface area contributed by atoms with Crippen LogP contribution in [0, 0.1) is 0 Å². The van der Waals surface area contributed by atoms with Gasteiger partial charge in [-0.05, 0) is 27.3 Å². The van der Waals surface area contributed by atoms with Gasteiger partial charge in [-0.3, -0.25) is 9.69 Å². The molecule has 84 valence electrons. The number of nitrogens with zero attached hydrogens (tertiary/aromatic N) is 1. The Labute approximate surface area is 86.4 Å². The van der Waals surface area contributed by atoms with Gasteiger partial charge in [-0.15, -0.1) is 0 Å². The molecule has 0 heterocycles. The van der Waals surface area contributed by atoms with Crippen LogP contribution in [-0.2, 0) is 9.53 Å². The lowest BCUT2D eigenvalue weighted by Crippen LogP contribution is -2.37. The van der Waals surface area contributed by atoms with E-state index in [-0.39, 0.29) is 5.97 Å². The average molecular weight is 202 g/mol. The summed E-state index contributed by atoms with van der Waals surface area (Å²) >= 11 is 0. The molecule has 0 amide bonds. The summed E-state index contributed by atoms with van der Waals surface area (Å²) in [6, 6.07) is 0. The molecule has 4 nitrogen and oxygen atoms in total. The van der Waals surface area contributed by atoms with E-state index in [1.54, 1.807) is 0 Å². The maximum absolute atomic E-state index is 11.4. The zero-order chi connectivity index (χ0) is 11.2. The SMILES string of the molecule is CCN(CCN)CC(=O)OC(C)(C)C. The average Bonchev–Trinajstić information content (AvgIpc) is 2.00. The summed E-state index contributed by atoms with van der Waals surface area (Å²) in [5, 5.41) is 0. The topological polar surface area (TPSA) is 55.6 Å². The Balaban J connectivity index is 3.91. The summed E-state index contributed by atoms with van der Waals surface area (Å²) < 4.78 is 5.19. The zero-order valence-corrected chi connectivity index (χ0v) is 9.67. The Kier molecular flexibility index (Phi) is 5.72. The summed E-state index contributed by atoms with van der Waals surface area (Å²) in [6.45, 7) is 10.0. The van der Waals surface area contributed by atoms with Crippen molar-refractivity contribution >= 4 is 5.97 Å². The van der Waals surface area contributed by atoms with Gasteiger partial charge in [0.15, 0.2) is 0 Å². The van der Waals surface area contributed by atoms with Crippen molar-refractivity contribution in [2.24, 2.45) is 5.73 Å². The highest BCUT2D eigenvalue weighted by Crippen LogP contribution is 2.07. The first-order valence-electron chi connectivity index (χ1n) is 5.03. The first kappa shape index (κ1) is 13.4. The van der Waals surface area contributed by atoms with Crippen LogP contribution in [0.5, 0.6) is 0 Å². The van der Waals surface area contributed by atoms with Crippen LogP contribution >= 0.6 is 0 Å². The number of hydrogen-bond acceptors (Lipinski definition) is 4. The summed E-state index contributed by atoms with van der Waals surface area (Å²) in [5.74, 6) is -0.187. The van der Waals surface area contributed by atoms with Gasteiger partial charge in [0.25, 0.3) is 0 Å². The molecule has 2 N–H and O–H groups in total. The summed E-state index contributed by atoms with van der Waals surface area (Å²) in [4.78, 5) is 13.4. The number of nitrogens with two attached hydrogens (primary N) is 1. The molecule has 0 aromatic heterocycles. The highest BCUT2D eigenvalue weighted by Gasteiger charge is 2.17. The van der Waals surface area contributed by atoms with Gasteiger partial charge in [-0.2, -0.15) is 0 Å². The lowest BCUT2D eigenvalue weighted by Gasteiger charge is -2.23. The van der Waals surface area contributed by atoms with Crippen LogP contribution < -0.4 is 5.73 Å². The highest BCUT2D eigenvalue weighted by molar-refractivity contribution is 5.72. The first-order chi connectivity index (χ1) is 6.39. The van der Waals surface area contributed by atoms with Gasteiger partial charge in [0, 0.05) is 13.1 Å². The molecule has 0 aliphatic rings. The molecule has 0 aliphatic carbocycles. The van der Waals surface area contributed by atoms with Gasteiger partial charge in [0.2, 0.25) is 0 Å². The molecular weight excluding hydrogens is 180 g/mol. The highest BCUT2D eigenvalue weighted by atomic mass is 16.6. The van der Waals surface area contributed by atoms with Gasteiger partial charge in [0.1, 0.15) is 5.60 Å². The van der Waals surface area contributed by atoms with Crippen LogP contribution in [0.3, 0.4) is 0 Å². The van der Waals surface area contributed by atoms with Gasteiger partial charge >= 0.3 is 5.97 Å². The smallest absolute Gasteiger partial charge is 0.320 e. The second-order valence-corrected chi connectivity index (χ2v) is 4.24. The van der Waals surface area contributed by atoms with Crippen molar-refractivity contribution in [1.82, 2.24) is 4.90 Å². The van der Waals surface area contributed by atoms with E-state index >= 15 is 0 Å². The number of ether oxygens (including phenoxy) is 1. The van der Waals surface area contributed by atoms with Crippen LogP contribution in [0.1, 0.15) is 27.7 Å². The quantitative estimate of drug-likeness (QED) is 0.664. The van der Waals surface area contributed by atoms with Crippen LogP contribution in [0.15, 0.2) is 0 Å². The Morgan fingerprint density at radius 2 is 2.00 bits per heavy atom. The largest absolute Gasteiger partial charge is 0.459 e. The predicted octanol–water partition coefficient (Wildman–Crippen LogP) is 0.609. The van der Waals surface area contributed by atoms with E-state index in [2.05, 4.69) is 0 Å². The van der Waals surface area contributed by atoms with E-state index < -0.39 is 5.60 Å². The van der Waals surface area contributed by atoms with Crippen molar-refractivity contribution in [2.45, 2.75) is 33.3 Å². The van der Waals surface area contributed by atoms with Crippen molar-refractivity contribution in [3.05, 3.63) is 0 Å². The molecule has 0 radical (unpaired) electrons. The number of hydrogen-bond donors (Lipinski definition) is 1. The fourth-order valence-corrected chi connectivity index (χ4v) is 1.09. The lowest BCUT2D eigenvalue weighted by molar-refractivity contribution is -0.156. The zero-order valence-electron chi connectivity index (χ0n) is 9.67. The van der Waals surface area contributed by atoms with Crippen molar-refractivity contribution in [3.8, 4) is 0 Å². The third-order valence-corrected chi connectivity index (χ3v) is 1.67. The number of rotatable bonds is 5. The van der Waals surface area contributed by atoms with Crippen LogP contribution in [0.2, 0.25) is 0 Å². The van der Waals surface area contributed by atoms with Crippen LogP contribution in [-0.4, -0.2) is 42.6 Å². The number of carbonyl (C=O) groups is 1. The second-order valence-electron chi connectivity index (χ2n) is 4.24. The Morgan fingerprint density at radius 1 is 1.43 bits per heavy atom. The molecular formula is C10H22N2O2. The monoisotopic (exact) mass is 202 g/mol. The van der Waals surface area contributed by atoms with E-state index in [1.165, 1.54) is 0 Å². The maximum Gasteiger partial charge on any atom is 0.320 e. The van der Waals surface area contributed by atoms with Gasteiger partial charge < -0.3 is 10.5 Å². The van der Waals surface area contributed by atoms with Crippen LogP contribution in [0.4, 0.5) is 0 Å². The summed E-state index contributed by atoms with van der Waals surface area (Å²) in [7, 11) is 0. The van der Waals surface area contributed by atoms with Gasteiger partial charge in [0.05, 0.1) is 6.54 Å². The molecule has 0 rings (SSSR count). The van der Waals surface area contributed by atoms with Crippen LogP contribution in [0.25, 0.3) is 0 Å². The molecule has 0 aliphatic heterocycles. The fourth-order valence-electron chi connectivity index (χ4n) is 1.09. The Bertz CT molecular complexity index is 175. The third-order valence-electron chi connectivity index (χ3n) is 1.67. The van der Waals surface area contributed by atoms with E-state index in [4.69, 9.17) is 10.5 Å². The Morgan fingerprint density at radius 3 is 2.36 bits per heavy atom. The molecule has 0 saturated heterocycles. The third kappa shape index (κ3) is 6.86. The molecule has 4 heteroatoms. The van der Waals surface area contributed by atoms with E-state index in [0.29, 0.717) is 13.1 Å². The predicted molar refractivity (Wildman–Crippen MR) is 57.0 cm³/mol. The van der Waals surface area contributed by atoms with Crippen molar-refractivity contribution in [2.75, 3.05) is 26.2 Å². The standard InChI is InChI=1S/C10H22N2O2/c1-5-12(7-6-11)8-9(13)14-10(2,3)4/h5-8,11H2,1-4H3. The summed E-state index contributed by atoms with van der Waals surface area (Å²) in [6.07, 6.45) is 0. The molecule has 0 unspecified atom stereocenters. The molecule has 0 fully saturated rings. The minimum absolute atomic E-state index is 0.187. The second kappa shape index (κ2) is 5.98. The minimum Gasteiger partial charge on any atom is -0.459 e. The first-order valence-corrected chi connectivity index (χ1v) is 5.03. The van der Waals surface area contributed by atoms with Gasteiger partial charge in [-0.1, -0.05) is 6.92 Å². The summed E-state index contributed by atoms with van der Waals surface area (Å²) in [5.41, 5.74) is 5.01.